The second kappa shape index (κ2) is 6.58. The molecular weight excluding hydrogens is 272 g/mol. The second-order valence-corrected chi connectivity index (χ2v) is 5.41. The summed E-state index contributed by atoms with van der Waals surface area (Å²) < 4.78 is 0. The lowest BCUT2D eigenvalue weighted by atomic mass is 9.96. The number of benzene rings is 1. The fraction of sp³-hybridized carbons (Fsp3) is 0.467. The quantitative estimate of drug-likeness (QED) is 0.883. The maximum atomic E-state index is 11.3. The molecule has 0 aromatic heterocycles. The Morgan fingerprint density at radius 1 is 1.29 bits per heavy atom. The number of carboxylic acids is 1. The summed E-state index contributed by atoms with van der Waals surface area (Å²) in [5.41, 5.74) is 1.16. The first-order valence-corrected chi connectivity index (χ1v) is 6.95. The highest BCUT2D eigenvalue weighted by atomic mass is 16.4. The number of nitrogens with zero attached hydrogens (tertiary/aromatic N) is 2. The highest BCUT2D eigenvalue weighted by Gasteiger charge is 2.37. The summed E-state index contributed by atoms with van der Waals surface area (Å²) >= 11 is 0. The van der Waals surface area contributed by atoms with Crippen molar-refractivity contribution in [3.8, 4) is 0 Å². The van der Waals surface area contributed by atoms with Crippen LogP contribution < -0.4 is 0 Å². The third kappa shape index (κ3) is 3.72. The van der Waals surface area contributed by atoms with Gasteiger partial charge < -0.3 is 10.2 Å². The summed E-state index contributed by atoms with van der Waals surface area (Å²) in [6, 6.07) is 9.05. The smallest absolute Gasteiger partial charge is 0.408 e. The molecule has 0 spiro atoms. The van der Waals surface area contributed by atoms with Crippen LogP contribution in [0.4, 0.5) is 4.79 Å². The van der Waals surface area contributed by atoms with Gasteiger partial charge in [-0.15, -0.1) is 0 Å². The topological polar surface area (TPSA) is 81.1 Å². The fourth-order valence-electron chi connectivity index (χ4n) is 2.81. The normalized spacial score (nSPS) is 22.3. The zero-order valence-electron chi connectivity index (χ0n) is 12.0. The lowest BCUT2D eigenvalue weighted by Crippen LogP contribution is -2.53. The summed E-state index contributed by atoms with van der Waals surface area (Å²) in [5, 5.41) is 18.3. The van der Waals surface area contributed by atoms with Gasteiger partial charge in [-0.1, -0.05) is 30.3 Å². The number of hydrogen-bond acceptors (Lipinski definition) is 3. The van der Waals surface area contributed by atoms with Gasteiger partial charge in [0.25, 0.3) is 0 Å². The monoisotopic (exact) mass is 292 g/mol. The molecule has 0 aliphatic carbocycles. The summed E-state index contributed by atoms with van der Waals surface area (Å²) in [6.07, 6.45) is -0.184. The maximum Gasteiger partial charge on any atom is 0.408 e. The van der Waals surface area contributed by atoms with Crippen LogP contribution in [0.5, 0.6) is 0 Å². The van der Waals surface area contributed by atoms with E-state index in [0.717, 1.165) is 17.0 Å². The average molecular weight is 292 g/mol. The number of likely N-dealkylation sites (tertiary alicyclic amines) is 1. The Bertz CT molecular complexity index is 506. The van der Waals surface area contributed by atoms with Crippen molar-refractivity contribution < 1.29 is 19.8 Å². The van der Waals surface area contributed by atoms with Crippen molar-refractivity contribution in [3.63, 3.8) is 0 Å². The van der Waals surface area contributed by atoms with E-state index in [-0.39, 0.29) is 12.6 Å². The third-order valence-electron chi connectivity index (χ3n) is 4.00. The molecule has 0 saturated carbocycles. The second-order valence-electron chi connectivity index (χ2n) is 5.41. The van der Waals surface area contributed by atoms with Crippen molar-refractivity contribution in [2.45, 2.75) is 31.5 Å². The van der Waals surface area contributed by atoms with Gasteiger partial charge in [0.15, 0.2) is 0 Å². The van der Waals surface area contributed by atoms with Gasteiger partial charge in [-0.2, -0.15) is 0 Å². The molecule has 2 rings (SSSR count). The van der Waals surface area contributed by atoms with E-state index in [4.69, 9.17) is 5.11 Å². The lowest BCUT2D eigenvalue weighted by Gasteiger charge is -2.39. The average Bonchev–Trinajstić information content (AvgIpc) is 2.47. The van der Waals surface area contributed by atoms with Crippen LogP contribution in [0.2, 0.25) is 0 Å². The number of carboxylic acid groups (broad SMARTS) is 2. The molecule has 6 nitrogen and oxygen atoms in total. The molecular formula is C15H20N2O4. The van der Waals surface area contributed by atoms with Crippen LogP contribution in [0.15, 0.2) is 30.3 Å². The van der Waals surface area contributed by atoms with Crippen molar-refractivity contribution in [2.75, 3.05) is 13.6 Å². The molecule has 2 atom stereocenters. The lowest BCUT2D eigenvalue weighted by molar-refractivity contribution is -0.144. The number of amides is 1. The number of aliphatic carboxylic acids is 1. The predicted molar refractivity (Wildman–Crippen MR) is 77.1 cm³/mol. The molecule has 114 valence electrons. The minimum absolute atomic E-state index is 0.0712. The van der Waals surface area contributed by atoms with Crippen molar-refractivity contribution >= 4 is 12.1 Å². The van der Waals surface area contributed by atoms with E-state index in [2.05, 4.69) is 4.90 Å². The molecule has 6 heteroatoms. The van der Waals surface area contributed by atoms with E-state index in [0.29, 0.717) is 12.8 Å². The summed E-state index contributed by atoms with van der Waals surface area (Å²) in [4.78, 5) is 25.5. The SMILES string of the molecule is CN(Cc1ccccc1)C1CCN(C(=O)O)C(C(=O)O)C1. The predicted octanol–water partition coefficient (Wildman–Crippen LogP) is 1.71. The van der Waals surface area contributed by atoms with Crippen LogP contribution in [0.25, 0.3) is 0 Å². The first-order chi connectivity index (χ1) is 9.99. The van der Waals surface area contributed by atoms with Crippen LogP contribution in [-0.2, 0) is 11.3 Å². The number of carbonyl (C=O) groups is 2. The van der Waals surface area contributed by atoms with Gasteiger partial charge in [-0.3, -0.25) is 9.80 Å². The molecule has 1 heterocycles. The summed E-state index contributed by atoms with van der Waals surface area (Å²) in [6.45, 7) is 0.987. The number of rotatable bonds is 4. The van der Waals surface area contributed by atoms with Crippen LogP contribution in [-0.4, -0.2) is 57.8 Å². The molecule has 0 radical (unpaired) electrons. The Labute approximate surface area is 123 Å². The van der Waals surface area contributed by atoms with Crippen LogP contribution in [0, 0.1) is 0 Å². The van der Waals surface area contributed by atoms with E-state index in [1.54, 1.807) is 0 Å². The molecule has 1 aliphatic rings. The molecule has 2 N–H and O–H groups in total. The van der Waals surface area contributed by atoms with Crippen LogP contribution >= 0.6 is 0 Å². The standard InChI is InChI=1S/C15H20N2O4/c1-16(10-11-5-3-2-4-6-11)12-7-8-17(15(20)21)13(9-12)14(18)19/h2-6,12-13H,7-10H2,1H3,(H,18,19)(H,20,21). The molecule has 0 bridgehead atoms. The van der Waals surface area contributed by atoms with E-state index in [1.165, 1.54) is 0 Å². The summed E-state index contributed by atoms with van der Waals surface area (Å²) in [5.74, 6) is -1.07. The van der Waals surface area contributed by atoms with E-state index < -0.39 is 18.1 Å². The van der Waals surface area contributed by atoms with Gasteiger partial charge in [-0.05, 0) is 25.5 Å². The van der Waals surface area contributed by atoms with Gasteiger partial charge in [0.1, 0.15) is 6.04 Å². The number of piperidine rings is 1. The zero-order chi connectivity index (χ0) is 15.4. The molecule has 1 amide bonds. The molecule has 2 unspecified atom stereocenters. The zero-order valence-corrected chi connectivity index (χ0v) is 12.0. The van der Waals surface area contributed by atoms with Crippen LogP contribution in [0.3, 0.4) is 0 Å². The van der Waals surface area contributed by atoms with E-state index in [1.807, 2.05) is 37.4 Å². The highest BCUT2D eigenvalue weighted by molar-refractivity contribution is 5.79. The largest absolute Gasteiger partial charge is 0.480 e. The van der Waals surface area contributed by atoms with Gasteiger partial charge in [0.05, 0.1) is 0 Å². The third-order valence-corrected chi connectivity index (χ3v) is 4.00. The van der Waals surface area contributed by atoms with Gasteiger partial charge in [0.2, 0.25) is 0 Å². The molecule has 1 aromatic rings. The van der Waals surface area contributed by atoms with E-state index in [9.17, 15) is 14.7 Å². The Morgan fingerprint density at radius 2 is 1.95 bits per heavy atom. The molecule has 1 saturated heterocycles. The first kappa shape index (κ1) is 15.3. The van der Waals surface area contributed by atoms with Crippen molar-refractivity contribution in [1.29, 1.82) is 0 Å². The first-order valence-electron chi connectivity index (χ1n) is 6.95. The summed E-state index contributed by atoms with van der Waals surface area (Å²) in [7, 11) is 1.95. The Balaban J connectivity index is 2.01. The minimum Gasteiger partial charge on any atom is -0.480 e. The molecule has 1 aliphatic heterocycles. The number of hydrogen-bond donors (Lipinski definition) is 2. The van der Waals surface area contributed by atoms with Gasteiger partial charge in [-0.25, -0.2) is 9.59 Å². The van der Waals surface area contributed by atoms with Crippen molar-refractivity contribution in [3.05, 3.63) is 35.9 Å². The minimum atomic E-state index is -1.16. The maximum absolute atomic E-state index is 11.3. The van der Waals surface area contributed by atoms with E-state index >= 15 is 0 Å². The van der Waals surface area contributed by atoms with Crippen molar-refractivity contribution in [2.24, 2.45) is 0 Å². The Hall–Kier alpha value is -2.08. The molecule has 1 fully saturated rings. The Kier molecular flexibility index (Phi) is 4.80. The van der Waals surface area contributed by atoms with Gasteiger partial charge >= 0.3 is 12.1 Å². The Morgan fingerprint density at radius 3 is 2.52 bits per heavy atom. The van der Waals surface area contributed by atoms with Crippen LogP contribution in [0.1, 0.15) is 18.4 Å². The molecule has 1 aromatic carbocycles. The highest BCUT2D eigenvalue weighted by Crippen LogP contribution is 2.23. The van der Waals surface area contributed by atoms with Crippen molar-refractivity contribution in [1.82, 2.24) is 9.80 Å². The fourth-order valence-corrected chi connectivity index (χ4v) is 2.81. The molecule has 21 heavy (non-hydrogen) atoms. The van der Waals surface area contributed by atoms with Gasteiger partial charge in [0, 0.05) is 19.1 Å².